The Hall–Kier alpha value is -4.19. The van der Waals surface area contributed by atoms with Gasteiger partial charge in [-0.2, -0.15) is 0 Å². The minimum atomic E-state index is -0.794. The van der Waals surface area contributed by atoms with Gasteiger partial charge in [-0.05, 0) is 109 Å². The maximum atomic E-state index is 12.8. The molecule has 0 saturated carbocycles. The van der Waals surface area contributed by atoms with E-state index in [9.17, 15) is 14.4 Å². The van der Waals surface area contributed by atoms with Crippen molar-refractivity contribution in [3.8, 4) is 0 Å². The minimum Gasteiger partial charge on any atom is -0.462 e. The third-order valence-corrected chi connectivity index (χ3v) is 11.5. The smallest absolute Gasteiger partial charge is 0.306 e. The number of ether oxygens (including phenoxy) is 3. The van der Waals surface area contributed by atoms with Crippen LogP contribution in [0.4, 0.5) is 0 Å². The molecule has 0 rings (SSSR count). The Morgan fingerprint density at radius 1 is 0.304 bits per heavy atom. The molecule has 390 valence electrons. The van der Waals surface area contributed by atoms with Crippen molar-refractivity contribution in [1.82, 2.24) is 0 Å². The van der Waals surface area contributed by atoms with Crippen LogP contribution < -0.4 is 0 Å². The van der Waals surface area contributed by atoms with Gasteiger partial charge >= 0.3 is 17.9 Å². The lowest BCUT2D eigenvalue weighted by Crippen LogP contribution is -2.30. The molecule has 1 atom stereocenters. The van der Waals surface area contributed by atoms with Crippen LogP contribution in [0.1, 0.15) is 239 Å². The van der Waals surface area contributed by atoms with Crippen molar-refractivity contribution in [2.75, 3.05) is 13.2 Å². The number of hydrogen-bond donors (Lipinski definition) is 0. The van der Waals surface area contributed by atoms with Crippen LogP contribution in [-0.2, 0) is 28.6 Å². The summed E-state index contributed by atoms with van der Waals surface area (Å²) in [6, 6.07) is 0. The van der Waals surface area contributed by atoms with E-state index in [1.807, 2.05) is 0 Å². The Morgan fingerprint density at radius 3 is 0.884 bits per heavy atom. The average molecular weight is 956 g/mol. The molecule has 0 fully saturated rings. The summed E-state index contributed by atoms with van der Waals surface area (Å²) >= 11 is 0. The Labute approximate surface area is 424 Å². The maximum Gasteiger partial charge on any atom is 0.306 e. The number of esters is 3. The van der Waals surface area contributed by atoms with E-state index < -0.39 is 6.10 Å². The van der Waals surface area contributed by atoms with E-state index in [-0.39, 0.29) is 31.1 Å². The van der Waals surface area contributed by atoms with Crippen molar-refractivity contribution in [2.45, 2.75) is 245 Å². The molecule has 6 nitrogen and oxygen atoms in total. The first kappa shape index (κ1) is 64.8. The second-order valence-corrected chi connectivity index (χ2v) is 18.1. The zero-order valence-corrected chi connectivity index (χ0v) is 44.5. The molecule has 0 heterocycles. The Bertz CT molecular complexity index is 1470. The summed E-state index contributed by atoms with van der Waals surface area (Å²) in [5, 5.41) is 0. The second-order valence-electron chi connectivity index (χ2n) is 18.1. The normalized spacial score (nSPS) is 13.0. The monoisotopic (exact) mass is 955 g/mol. The SMILES string of the molecule is CC/C=C\C/C=C\C/C=C\C/C=C\C/C=C\C/C=C\CCCCCCC(=O)OCC(COC(=O)CCCCCCCCC)OC(=O)CCCCCCCCCC/C=C\C/C=C\C/C=C\C/C=C\CC. The maximum absolute atomic E-state index is 12.8. The predicted molar refractivity (Wildman–Crippen MR) is 297 cm³/mol. The summed E-state index contributed by atoms with van der Waals surface area (Å²) in [4.78, 5) is 37.9. The summed E-state index contributed by atoms with van der Waals surface area (Å²) in [6.45, 7) is 6.33. The Balaban J connectivity index is 4.31. The molecule has 1 unspecified atom stereocenters. The topological polar surface area (TPSA) is 78.9 Å². The van der Waals surface area contributed by atoms with Gasteiger partial charge in [-0.3, -0.25) is 14.4 Å². The van der Waals surface area contributed by atoms with E-state index in [1.54, 1.807) is 0 Å². The van der Waals surface area contributed by atoms with E-state index >= 15 is 0 Å². The summed E-state index contributed by atoms with van der Waals surface area (Å²) in [5.41, 5.74) is 0. The van der Waals surface area contributed by atoms with Crippen molar-refractivity contribution in [3.63, 3.8) is 0 Å². The van der Waals surface area contributed by atoms with Gasteiger partial charge in [-0.25, -0.2) is 0 Å². The molecule has 0 aliphatic heterocycles. The van der Waals surface area contributed by atoms with Gasteiger partial charge in [-0.15, -0.1) is 0 Å². The molecular weight excluding hydrogens is 853 g/mol. The molecule has 6 heteroatoms. The number of allylic oxidation sites excluding steroid dienone is 20. The van der Waals surface area contributed by atoms with Crippen LogP contribution in [0.5, 0.6) is 0 Å². The lowest BCUT2D eigenvalue weighted by molar-refractivity contribution is -0.167. The zero-order valence-electron chi connectivity index (χ0n) is 44.5. The van der Waals surface area contributed by atoms with E-state index in [2.05, 4.69) is 142 Å². The van der Waals surface area contributed by atoms with Crippen LogP contribution in [0, 0.1) is 0 Å². The second kappa shape index (κ2) is 56.4. The first-order valence-electron chi connectivity index (χ1n) is 28.0. The molecule has 0 saturated heterocycles. The van der Waals surface area contributed by atoms with Gasteiger partial charge in [0.25, 0.3) is 0 Å². The zero-order chi connectivity index (χ0) is 50.0. The van der Waals surface area contributed by atoms with Gasteiger partial charge in [0.1, 0.15) is 13.2 Å². The molecule has 69 heavy (non-hydrogen) atoms. The van der Waals surface area contributed by atoms with Crippen molar-refractivity contribution >= 4 is 17.9 Å². The molecule has 0 bridgehead atoms. The molecule has 0 N–H and O–H groups in total. The van der Waals surface area contributed by atoms with Crippen molar-refractivity contribution in [1.29, 1.82) is 0 Å². The molecule has 0 aromatic rings. The van der Waals surface area contributed by atoms with Gasteiger partial charge in [0.15, 0.2) is 6.10 Å². The van der Waals surface area contributed by atoms with Gasteiger partial charge in [0.05, 0.1) is 0 Å². The molecular formula is C63H102O6. The van der Waals surface area contributed by atoms with Crippen LogP contribution in [0.3, 0.4) is 0 Å². The molecule has 0 radical (unpaired) electrons. The van der Waals surface area contributed by atoms with Gasteiger partial charge in [0.2, 0.25) is 0 Å². The summed E-state index contributed by atoms with van der Waals surface area (Å²) in [5.74, 6) is -0.936. The number of hydrogen-bond acceptors (Lipinski definition) is 6. The van der Waals surface area contributed by atoms with Gasteiger partial charge in [-0.1, -0.05) is 232 Å². The Morgan fingerprint density at radius 2 is 0.565 bits per heavy atom. The fourth-order valence-electron chi connectivity index (χ4n) is 7.32. The highest BCUT2D eigenvalue weighted by Crippen LogP contribution is 2.14. The fourth-order valence-corrected chi connectivity index (χ4v) is 7.32. The van der Waals surface area contributed by atoms with Crippen LogP contribution in [0.15, 0.2) is 122 Å². The summed E-state index contributed by atoms with van der Waals surface area (Å²) < 4.78 is 16.8. The predicted octanol–water partition coefficient (Wildman–Crippen LogP) is 18.9. The van der Waals surface area contributed by atoms with E-state index in [0.717, 1.165) is 141 Å². The number of carbonyl (C=O) groups is 3. The molecule has 0 amide bonds. The summed E-state index contributed by atoms with van der Waals surface area (Å²) in [7, 11) is 0. The van der Waals surface area contributed by atoms with E-state index in [0.29, 0.717) is 19.3 Å². The quantitative estimate of drug-likeness (QED) is 0.0262. The first-order chi connectivity index (χ1) is 34.0. The highest BCUT2D eigenvalue weighted by molar-refractivity contribution is 5.71. The van der Waals surface area contributed by atoms with Crippen LogP contribution >= 0.6 is 0 Å². The minimum absolute atomic E-state index is 0.0920. The lowest BCUT2D eigenvalue weighted by Gasteiger charge is -2.18. The molecule has 0 aromatic carbocycles. The van der Waals surface area contributed by atoms with Crippen LogP contribution in [-0.4, -0.2) is 37.2 Å². The van der Waals surface area contributed by atoms with Crippen LogP contribution in [0.2, 0.25) is 0 Å². The number of carbonyl (C=O) groups excluding carboxylic acids is 3. The standard InChI is InChI=1S/C63H102O6/c1-4-7-10-13-16-18-20-22-24-26-28-30-31-33-34-36-38-40-42-44-47-50-53-56-62(65)68-59-60(58-67-61(64)55-52-49-46-15-12-9-6-3)69-63(66)57-54-51-48-45-43-41-39-37-35-32-29-27-25-23-21-19-17-14-11-8-5-2/h7-8,10-11,16-19,22-25,28-30,32-34,38,40,60H,4-6,9,12-15,20-21,26-27,31,35-37,39,41-59H2,1-3H3/b10-7-,11-8-,18-16-,19-17-,24-22-,25-23-,30-28-,32-29-,34-33-,40-38-. The van der Waals surface area contributed by atoms with Crippen molar-refractivity contribution < 1.29 is 28.6 Å². The van der Waals surface area contributed by atoms with E-state index in [1.165, 1.54) is 57.8 Å². The molecule has 0 aliphatic carbocycles. The largest absolute Gasteiger partial charge is 0.462 e. The number of rotatable bonds is 49. The molecule has 0 aliphatic rings. The average Bonchev–Trinajstić information content (AvgIpc) is 3.35. The van der Waals surface area contributed by atoms with Crippen LogP contribution in [0.25, 0.3) is 0 Å². The third kappa shape index (κ3) is 54.6. The lowest BCUT2D eigenvalue weighted by atomic mass is 10.1. The van der Waals surface area contributed by atoms with Crippen molar-refractivity contribution in [2.24, 2.45) is 0 Å². The molecule has 0 aromatic heterocycles. The highest BCUT2D eigenvalue weighted by atomic mass is 16.6. The van der Waals surface area contributed by atoms with Gasteiger partial charge < -0.3 is 14.2 Å². The number of unbranched alkanes of at least 4 members (excludes halogenated alkanes) is 18. The van der Waals surface area contributed by atoms with E-state index in [4.69, 9.17) is 14.2 Å². The first-order valence-corrected chi connectivity index (χ1v) is 28.0. The van der Waals surface area contributed by atoms with Crippen molar-refractivity contribution in [3.05, 3.63) is 122 Å². The molecule has 0 spiro atoms. The Kier molecular flexibility index (Phi) is 53.0. The van der Waals surface area contributed by atoms with Gasteiger partial charge in [0, 0.05) is 19.3 Å². The summed E-state index contributed by atoms with van der Waals surface area (Å²) in [6.07, 6.45) is 77.7. The fraction of sp³-hybridized carbons (Fsp3) is 0.635. The third-order valence-electron chi connectivity index (χ3n) is 11.5. The highest BCUT2D eigenvalue weighted by Gasteiger charge is 2.19.